The summed E-state index contributed by atoms with van der Waals surface area (Å²) >= 11 is 0. The monoisotopic (exact) mass is 490 g/mol. The molecule has 11 nitrogen and oxygen atoms in total. The lowest BCUT2D eigenvalue weighted by molar-refractivity contribution is -0.0495. The van der Waals surface area contributed by atoms with E-state index in [0.29, 0.717) is 42.2 Å². The number of imidazole rings is 1. The third-order valence-electron chi connectivity index (χ3n) is 6.99. The van der Waals surface area contributed by atoms with Gasteiger partial charge in [0.25, 0.3) is 11.7 Å². The molecule has 1 aliphatic carbocycles. The number of rotatable bonds is 5. The van der Waals surface area contributed by atoms with Gasteiger partial charge >= 0.3 is 0 Å². The van der Waals surface area contributed by atoms with Crippen LogP contribution in [0.2, 0.25) is 0 Å². The van der Waals surface area contributed by atoms with Crippen molar-refractivity contribution >= 4 is 11.7 Å². The zero-order chi connectivity index (χ0) is 24.8. The predicted molar refractivity (Wildman–Crippen MR) is 118 cm³/mol. The fourth-order valence-electron chi connectivity index (χ4n) is 4.94. The van der Waals surface area contributed by atoms with Crippen molar-refractivity contribution in [2.75, 3.05) is 6.54 Å². The van der Waals surface area contributed by atoms with Crippen molar-refractivity contribution in [1.29, 1.82) is 0 Å². The van der Waals surface area contributed by atoms with Crippen LogP contribution in [-0.4, -0.2) is 59.0 Å². The summed E-state index contributed by atoms with van der Waals surface area (Å²) in [5.41, 5.74) is 0.695. The summed E-state index contributed by atoms with van der Waals surface area (Å²) in [6, 6.07) is -0.815. The minimum absolute atomic E-state index is 0.0360. The lowest BCUT2D eigenvalue weighted by Crippen LogP contribution is -2.42. The maximum absolute atomic E-state index is 13.8. The Morgan fingerprint density at radius 2 is 2.06 bits per heavy atom. The first-order valence-electron chi connectivity index (χ1n) is 11.8. The van der Waals surface area contributed by atoms with Crippen LogP contribution in [0.5, 0.6) is 0 Å². The van der Waals surface area contributed by atoms with Crippen LogP contribution in [0.1, 0.15) is 85.1 Å². The number of carbonyl (C=O) groups is 1. The minimum Gasteiger partial charge on any atom is -0.390 e. The normalized spacial score (nSPS) is 26.0. The number of amides is 1. The molecule has 2 unspecified atom stereocenters. The highest BCUT2D eigenvalue weighted by molar-refractivity contribution is 5.93. The van der Waals surface area contributed by atoms with E-state index in [1.807, 2.05) is 0 Å². The molecule has 1 aliphatic heterocycles. The number of alkyl halides is 2. The largest absolute Gasteiger partial charge is 0.390 e. The number of hydrogen-bond acceptors (Lipinski definition) is 9. The van der Waals surface area contributed by atoms with E-state index in [1.165, 1.54) is 4.52 Å². The molecule has 3 aromatic heterocycles. The highest BCUT2D eigenvalue weighted by Crippen LogP contribution is 2.41. The maximum atomic E-state index is 13.8. The predicted octanol–water partition coefficient (Wildman–Crippen LogP) is 2.29. The van der Waals surface area contributed by atoms with Crippen molar-refractivity contribution in [2.45, 2.75) is 76.0 Å². The molecule has 1 saturated heterocycles. The molecule has 0 aromatic carbocycles. The van der Waals surface area contributed by atoms with Gasteiger partial charge in [0.15, 0.2) is 5.69 Å². The SMILES string of the molecule is Cc1nonc1C(=O)N[C@H](c1cn2ncc(C3CC(C)(O)CCN3)nc2n1)C1CCC(F)(F)CC1. The first-order valence-corrected chi connectivity index (χ1v) is 11.8. The van der Waals surface area contributed by atoms with Crippen LogP contribution in [0, 0.1) is 12.8 Å². The molecular weight excluding hydrogens is 462 g/mol. The number of fused-ring (bicyclic) bond motifs is 1. The molecule has 2 aliphatic rings. The van der Waals surface area contributed by atoms with E-state index in [0.717, 1.165) is 0 Å². The van der Waals surface area contributed by atoms with Gasteiger partial charge in [0.05, 0.1) is 41.5 Å². The lowest BCUT2D eigenvalue weighted by atomic mass is 9.81. The highest BCUT2D eigenvalue weighted by atomic mass is 19.3. The number of aryl methyl sites for hydroxylation is 1. The van der Waals surface area contributed by atoms with E-state index in [1.54, 1.807) is 26.2 Å². The highest BCUT2D eigenvalue weighted by Gasteiger charge is 2.40. The van der Waals surface area contributed by atoms with E-state index in [4.69, 9.17) is 0 Å². The second-order valence-corrected chi connectivity index (χ2v) is 9.89. The lowest BCUT2D eigenvalue weighted by Gasteiger charge is -2.34. The van der Waals surface area contributed by atoms with Crippen LogP contribution < -0.4 is 10.6 Å². The van der Waals surface area contributed by atoms with Gasteiger partial charge in [0.1, 0.15) is 5.69 Å². The fraction of sp³-hybridized carbons (Fsp3) is 0.636. The summed E-state index contributed by atoms with van der Waals surface area (Å²) in [6.07, 6.45) is 4.37. The Morgan fingerprint density at radius 3 is 2.74 bits per heavy atom. The first-order chi connectivity index (χ1) is 16.6. The second kappa shape index (κ2) is 8.86. The van der Waals surface area contributed by atoms with E-state index in [-0.39, 0.29) is 43.3 Å². The van der Waals surface area contributed by atoms with Crippen molar-refractivity contribution < 1.29 is 23.3 Å². The number of aromatic nitrogens is 6. The zero-order valence-electron chi connectivity index (χ0n) is 19.5. The maximum Gasteiger partial charge on any atom is 0.276 e. The molecule has 1 saturated carbocycles. The Balaban J connectivity index is 1.44. The fourth-order valence-corrected chi connectivity index (χ4v) is 4.94. The third kappa shape index (κ3) is 5.01. The minimum atomic E-state index is -2.71. The molecule has 3 atom stereocenters. The number of halogens is 2. The topological polar surface area (TPSA) is 143 Å². The molecule has 5 rings (SSSR count). The molecule has 35 heavy (non-hydrogen) atoms. The summed E-state index contributed by atoms with van der Waals surface area (Å²) < 4.78 is 33.8. The van der Waals surface area contributed by atoms with Crippen LogP contribution in [0.25, 0.3) is 5.78 Å². The van der Waals surface area contributed by atoms with Crippen LogP contribution in [0.3, 0.4) is 0 Å². The van der Waals surface area contributed by atoms with Gasteiger partial charge in [0.2, 0.25) is 5.92 Å². The number of aliphatic hydroxyl groups is 1. The van der Waals surface area contributed by atoms with Gasteiger partial charge in [-0.25, -0.2) is 27.9 Å². The first kappa shape index (κ1) is 23.7. The van der Waals surface area contributed by atoms with E-state index >= 15 is 0 Å². The Morgan fingerprint density at radius 1 is 1.29 bits per heavy atom. The van der Waals surface area contributed by atoms with E-state index < -0.39 is 23.5 Å². The van der Waals surface area contributed by atoms with E-state index in [9.17, 15) is 18.7 Å². The van der Waals surface area contributed by atoms with Gasteiger partial charge in [-0.1, -0.05) is 5.16 Å². The zero-order valence-corrected chi connectivity index (χ0v) is 19.5. The molecule has 4 heterocycles. The van der Waals surface area contributed by atoms with E-state index in [2.05, 4.69) is 40.6 Å². The molecule has 0 bridgehead atoms. The van der Waals surface area contributed by atoms with Gasteiger partial charge in [-0.3, -0.25) is 4.79 Å². The Kier molecular flexibility index (Phi) is 5.99. The van der Waals surface area contributed by atoms with Gasteiger partial charge in [0, 0.05) is 12.8 Å². The van der Waals surface area contributed by atoms with Crippen molar-refractivity contribution in [3.63, 3.8) is 0 Å². The summed E-state index contributed by atoms with van der Waals surface area (Å²) in [7, 11) is 0. The standard InChI is InChI=1S/C22H28F2N8O3/c1-12-17(31-35-30-12)19(33)29-18(13-3-5-22(23,24)6-4-13)16-11-32-20(28-16)27-15(10-26-32)14-9-21(2,34)7-8-25-14/h10-11,13-14,18,25,34H,3-9H2,1-2H3,(H,29,33)/t14?,18-,21?/m0/s1. The number of nitrogens with zero attached hydrogens (tertiary/aromatic N) is 6. The molecule has 188 valence electrons. The van der Waals surface area contributed by atoms with Gasteiger partial charge < -0.3 is 15.7 Å². The molecule has 0 radical (unpaired) electrons. The Hall–Kier alpha value is -3.06. The average molecular weight is 491 g/mol. The van der Waals surface area contributed by atoms with Gasteiger partial charge in [-0.2, -0.15) is 5.10 Å². The second-order valence-electron chi connectivity index (χ2n) is 9.89. The Bertz CT molecular complexity index is 1220. The van der Waals surface area contributed by atoms with Gasteiger partial charge in [-0.05, 0) is 57.2 Å². The summed E-state index contributed by atoms with van der Waals surface area (Å²) in [6.45, 7) is 4.05. The van der Waals surface area contributed by atoms with Crippen LogP contribution >= 0.6 is 0 Å². The molecule has 3 N–H and O–H groups in total. The number of piperidine rings is 1. The number of nitrogens with one attached hydrogen (secondary N) is 2. The smallest absolute Gasteiger partial charge is 0.276 e. The van der Waals surface area contributed by atoms with Crippen molar-refractivity contribution in [1.82, 2.24) is 40.5 Å². The molecule has 1 amide bonds. The molecule has 3 aromatic rings. The summed E-state index contributed by atoms with van der Waals surface area (Å²) in [5, 5.41) is 28.4. The van der Waals surface area contributed by atoms with Crippen molar-refractivity contribution in [3.8, 4) is 0 Å². The summed E-state index contributed by atoms with van der Waals surface area (Å²) in [5.74, 6) is -3.15. The quantitative estimate of drug-likeness (QED) is 0.491. The molecular formula is C22H28F2N8O3. The average Bonchev–Trinajstić information content (AvgIpc) is 3.42. The van der Waals surface area contributed by atoms with Crippen LogP contribution in [0.15, 0.2) is 17.0 Å². The van der Waals surface area contributed by atoms with Crippen LogP contribution in [-0.2, 0) is 0 Å². The third-order valence-corrected chi connectivity index (χ3v) is 6.99. The van der Waals surface area contributed by atoms with Crippen molar-refractivity contribution in [2.24, 2.45) is 5.92 Å². The summed E-state index contributed by atoms with van der Waals surface area (Å²) in [4.78, 5) is 22.1. The van der Waals surface area contributed by atoms with Crippen molar-refractivity contribution in [3.05, 3.63) is 35.2 Å². The molecule has 0 spiro atoms. The molecule has 2 fully saturated rings. The Labute approximate surface area is 199 Å². The van der Waals surface area contributed by atoms with Gasteiger partial charge in [-0.15, -0.1) is 0 Å². The number of carbonyl (C=O) groups excluding carboxylic acids is 1. The van der Waals surface area contributed by atoms with Crippen LogP contribution in [0.4, 0.5) is 8.78 Å². The molecule has 13 heteroatoms. The number of hydrogen-bond donors (Lipinski definition) is 3.